The second-order valence-electron chi connectivity index (χ2n) is 6.44. The zero-order valence-electron chi connectivity index (χ0n) is 17.0. The average Bonchev–Trinajstić information content (AvgIpc) is 2.78. The van der Waals surface area contributed by atoms with Crippen molar-refractivity contribution in [3.8, 4) is 17.2 Å². The van der Waals surface area contributed by atoms with Crippen LogP contribution < -0.4 is 18.9 Å². The Kier molecular flexibility index (Phi) is 6.68. The number of amides is 1. The highest BCUT2D eigenvalue weighted by atomic mass is 32.2. The quantitative estimate of drug-likeness (QED) is 0.708. The SMILES string of the molecule is COc1ccc(NS(=O)(=O)c2ccc(OC)c(C(=O)N3CCOCC3)c2)c(OC)c1. The fraction of sp³-hybridized carbons (Fsp3) is 0.350. The fourth-order valence-electron chi connectivity index (χ4n) is 3.04. The number of methoxy groups -OCH3 is 3. The molecule has 0 radical (unpaired) electrons. The first-order valence-electron chi connectivity index (χ1n) is 9.19. The number of nitrogens with one attached hydrogen (secondary N) is 1. The van der Waals surface area contributed by atoms with Gasteiger partial charge in [0.2, 0.25) is 0 Å². The predicted molar refractivity (Wildman–Crippen MR) is 110 cm³/mol. The average molecular weight is 436 g/mol. The smallest absolute Gasteiger partial charge is 0.262 e. The summed E-state index contributed by atoms with van der Waals surface area (Å²) in [5.41, 5.74) is 0.416. The number of benzene rings is 2. The minimum absolute atomic E-state index is 0.0715. The van der Waals surface area contributed by atoms with E-state index in [1.54, 1.807) is 23.1 Å². The molecule has 0 unspecified atom stereocenters. The number of carbonyl (C=O) groups is 1. The maximum Gasteiger partial charge on any atom is 0.262 e. The van der Waals surface area contributed by atoms with Gasteiger partial charge in [0.15, 0.2) is 0 Å². The summed E-state index contributed by atoms with van der Waals surface area (Å²) in [6.45, 7) is 1.73. The zero-order chi connectivity index (χ0) is 21.7. The molecule has 1 N–H and O–H groups in total. The van der Waals surface area contributed by atoms with Gasteiger partial charge in [0.1, 0.15) is 17.2 Å². The molecule has 162 valence electrons. The Labute approximate surface area is 175 Å². The van der Waals surface area contributed by atoms with Gasteiger partial charge in [0, 0.05) is 19.2 Å². The molecule has 1 fully saturated rings. The van der Waals surface area contributed by atoms with E-state index in [2.05, 4.69) is 4.72 Å². The van der Waals surface area contributed by atoms with Crippen LogP contribution in [-0.4, -0.2) is 66.9 Å². The van der Waals surface area contributed by atoms with E-state index in [9.17, 15) is 13.2 Å². The molecule has 9 nitrogen and oxygen atoms in total. The molecule has 2 aromatic carbocycles. The molecule has 30 heavy (non-hydrogen) atoms. The molecule has 1 amide bonds. The first-order chi connectivity index (χ1) is 14.4. The second kappa shape index (κ2) is 9.23. The van der Waals surface area contributed by atoms with Crippen LogP contribution in [0.4, 0.5) is 5.69 Å². The first kappa shape index (κ1) is 21.7. The fourth-order valence-corrected chi connectivity index (χ4v) is 4.14. The lowest BCUT2D eigenvalue weighted by atomic mass is 10.1. The van der Waals surface area contributed by atoms with Crippen molar-refractivity contribution < 1.29 is 32.2 Å². The summed E-state index contributed by atoms with van der Waals surface area (Å²) in [5.74, 6) is 0.815. The van der Waals surface area contributed by atoms with Gasteiger partial charge in [-0.15, -0.1) is 0 Å². The summed E-state index contributed by atoms with van der Waals surface area (Å²) in [6, 6.07) is 8.88. The normalized spacial score (nSPS) is 14.2. The van der Waals surface area contributed by atoms with Gasteiger partial charge in [-0.05, 0) is 30.3 Å². The summed E-state index contributed by atoms with van der Waals surface area (Å²) in [7, 11) is 0.364. The molecule has 2 aromatic rings. The summed E-state index contributed by atoms with van der Waals surface area (Å²) in [6.07, 6.45) is 0. The third-order valence-corrected chi connectivity index (χ3v) is 6.03. The second-order valence-corrected chi connectivity index (χ2v) is 8.12. The van der Waals surface area contributed by atoms with Crippen LogP contribution in [0.5, 0.6) is 17.2 Å². The van der Waals surface area contributed by atoms with Crippen molar-refractivity contribution in [1.82, 2.24) is 4.90 Å². The minimum atomic E-state index is -4.00. The van der Waals surface area contributed by atoms with Crippen LogP contribution in [0.1, 0.15) is 10.4 Å². The van der Waals surface area contributed by atoms with E-state index >= 15 is 0 Å². The van der Waals surface area contributed by atoms with Crippen LogP contribution in [0.15, 0.2) is 41.3 Å². The highest BCUT2D eigenvalue weighted by Crippen LogP contribution is 2.32. The number of ether oxygens (including phenoxy) is 4. The number of rotatable bonds is 7. The summed E-state index contributed by atoms with van der Waals surface area (Å²) < 4.78 is 49.4. The van der Waals surface area contributed by atoms with Gasteiger partial charge in [-0.25, -0.2) is 8.42 Å². The van der Waals surface area contributed by atoms with Crippen molar-refractivity contribution in [3.63, 3.8) is 0 Å². The van der Waals surface area contributed by atoms with Gasteiger partial charge in [0.05, 0.1) is 50.7 Å². The molecule has 1 heterocycles. The third kappa shape index (κ3) is 4.60. The van der Waals surface area contributed by atoms with Gasteiger partial charge in [-0.1, -0.05) is 0 Å². The molecular formula is C20H24N2O7S. The Morgan fingerprint density at radius 3 is 2.30 bits per heavy atom. The molecule has 0 aromatic heterocycles. The summed E-state index contributed by atoms with van der Waals surface area (Å²) in [4.78, 5) is 14.5. The van der Waals surface area contributed by atoms with Crippen molar-refractivity contribution in [2.45, 2.75) is 4.90 Å². The van der Waals surface area contributed by atoms with E-state index in [-0.39, 0.29) is 22.1 Å². The lowest BCUT2D eigenvalue weighted by Gasteiger charge is -2.27. The van der Waals surface area contributed by atoms with Gasteiger partial charge >= 0.3 is 0 Å². The van der Waals surface area contributed by atoms with Crippen LogP contribution in [0.25, 0.3) is 0 Å². The monoisotopic (exact) mass is 436 g/mol. The van der Waals surface area contributed by atoms with E-state index in [4.69, 9.17) is 18.9 Å². The Morgan fingerprint density at radius 1 is 0.967 bits per heavy atom. The molecule has 0 saturated carbocycles. The molecule has 0 bridgehead atoms. The number of carbonyl (C=O) groups excluding carboxylic acids is 1. The van der Waals surface area contributed by atoms with Crippen molar-refractivity contribution in [2.75, 3.05) is 52.4 Å². The van der Waals surface area contributed by atoms with E-state index in [1.165, 1.54) is 39.5 Å². The van der Waals surface area contributed by atoms with E-state index in [0.717, 1.165) is 0 Å². The molecule has 0 aliphatic carbocycles. The maximum absolute atomic E-state index is 13.0. The first-order valence-corrected chi connectivity index (χ1v) is 10.7. The van der Waals surface area contributed by atoms with E-state index in [1.807, 2.05) is 0 Å². The summed E-state index contributed by atoms with van der Waals surface area (Å²) in [5, 5.41) is 0. The Morgan fingerprint density at radius 2 is 1.67 bits per heavy atom. The van der Waals surface area contributed by atoms with Crippen molar-refractivity contribution in [1.29, 1.82) is 0 Å². The summed E-state index contributed by atoms with van der Waals surface area (Å²) >= 11 is 0. The molecular weight excluding hydrogens is 412 g/mol. The zero-order valence-corrected chi connectivity index (χ0v) is 17.8. The van der Waals surface area contributed by atoms with Gasteiger partial charge in [0.25, 0.3) is 15.9 Å². The van der Waals surface area contributed by atoms with Crippen molar-refractivity contribution >= 4 is 21.6 Å². The Balaban J connectivity index is 1.93. The van der Waals surface area contributed by atoms with Crippen molar-refractivity contribution in [3.05, 3.63) is 42.0 Å². The molecule has 10 heteroatoms. The van der Waals surface area contributed by atoms with Crippen LogP contribution in [0, 0.1) is 0 Å². The number of nitrogens with zero attached hydrogens (tertiary/aromatic N) is 1. The predicted octanol–water partition coefficient (Wildman–Crippen LogP) is 1.99. The lowest BCUT2D eigenvalue weighted by molar-refractivity contribution is 0.0300. The van der Waals surface area contributed by atoms with E-state index in [0.29, 0.717) is 43.6 Å². The number of anilines is 1. The minimum Gasteiger partial charge on any atom is -0.497 e. The van der Waals surface area contributed by atoms with E-state index < -0.39 is 10.0 Å². The number of morpholine rings is 1. The molecule has 0 atom stereocenters. The van der Waals surface area contributed by atoms with Crippen LogP contribution in [0.2, 0.25) is 0 Å². The van der Waals surface area contributed by atoms with Gasteiger partial charge < -0.3 is 23.8 Å². The topological polar surface area (TPSA) is 103 Å². The number of hydrogen-bond acceptors (Lipinski definition) is 7. The molecule has 1 aliphatic heterocycles. The molecule has 1 aliphatic rings. The maximum atomic E-state index is 13.0. The van der Waals surface area contributed by atoms with Crippen LogP contribution in [-0.2, 0) is 14.8 Å². The third-order valence-electron chi connectivity index (χ3n) is 4.66. The standard InChI is InChI=1S/C20H24N2O7S/c1-26-14-4-6-17(19(12-14)28-3)21-30(24,25)15-5-7-18(27-2)16(13-15)20(23)22-8-10-29-11-9-22/h4-7,12-13,21H,8-11H2,1-3H3. The van der Waals surface area contributed by atoms with Crippen molar-refractivity contribution in [2.24, 2.45) is 0 Å². The molecule has 1 saturated heterocycles. The number of hydrogen-bond donors (Lipinski definition) is 1. The number of sulfonamides is 1. The van der Waals surface area contributed by atoms with Gasteiger partial charge in [-0.3, -0.25) is 9.52 Å². The van der Waals surface area contributed by atoms with Crippen LogP contribution in [0.3, 0.4) is 0 Å². The molecule has 0 spiro atoms. The Hall–Kier alpha value is -2.98. The lowest BCUT2D eigenvalue weighted by Crippen LogP contribution is -2.40. The largest absolute Gasteiger partial charge is 0.497 e. The molecule has 3 rings (SSSR count). The van der Waals surface area contributed by atoms with Crippen LogP contribution >= 0.6 is 0 Å². The highest BCUT2D eigenvalue weighted by Gasteiger charge is 2.25. The van der Waals surface area contributed by atoms with Gasteiger partial charge in [-0.2, -0.15) is 0 Å². The Bertz CT molecular complexity index is 1020. The highest BCUT2D eigenvalue weighted by molar-refractivity contribution is 7.92.